The molecule has 2 unspecified atom stereocenters. The molecule has 1 fully saturated rings. The summed E-state index contributed by atoms with van der Waals surface area (Å²) in [6.07, 6.45) is 5.07. The smallest absolute Gasteiger partial charge is 0.411 e. The van der Waals surface area contributed by atoms with Gasteiger partial charge in [0.25, 0.3) is 0 Å². The van der Waals surface area contributed by atoms with Crippen molar-refractivity contribution >= 4 is 23.6 Å². The Balaban J connectivity index is 1.37. The number of nitrogens with zero attached hydrogens (tertiary/aromatic N) is 8. The molecule has 2 aliphatic heterocycles. The molecule has 1 saturated heterocycles. The Labute approximate surface area is 237 Å². The normalized spacial score (nSPS) is 19.0. The summed E-state index contributed by atoms with van der Waals surface area (Å²) in [6.45, 7) is 8.53. The Hall–Kier alpha value is -4.42. The van der Waals surface area contributed by atoms with Crippen molar-refractivity contribution in [1.29, 1.82) is 0 Å². The van der Waals surface area contributed by atoms with Crippen LogP contribution in [0.4, 0.5) is 20.7 Å². The quantitative estimate of drug-likeness (QED) is 0.342. The van der Waals surface area contributed by atoms with Crippen LogP contribution in [0.5, 0.6) is 0 Å². The van der Waals surface area contributed by atoms with E-state index in [1.54, 1.807) is 51.5 Å². The number of piperazine rings is 1. The second-order valence-corrected chi connectivity index (χ2v) is 11.0. The number of fused-ring (bicyclic) bond motifs is 1. The van der Waals surface area contributed by atoms with Gasteiger partial charge in [-0.2, -0.15) is 4.39 Å². The highest BCUT2D eigenvalue weighted by Crippen LogP contribution is 2.34. The molecule has 3 aromatic rings. The molecule has 0 aliphatic carbocycles. The first-order valence-corrected chi connectivity index (χ1v) is 13.4. The first-order valence-electron chi connectivity index (χ1n) is 13.4. The summed E-state index contributed by atoms with van der Waals surface area (Å²) in [5, 5.41) is 0. The van der Waals surface area contributed by atoms with Crippen LogP contribution in [0, 0.1) is 5.95 Å². The molecule has 0 spiro atoms. The lowest BCUT2D eigenvalue weighted by Gasteiger charge is -2.41. The van der Waals surface area contributed by atoms with E-state index in [2.05, 4.69) is 19.9 Å². The Kier molecular flexibility index (Phi) is 7.70. The number of rotatable bonds is 4. The van der Waals surface area contributed by atoms with Crippen molar-refractivity contribution in [2.45, 2.75) is 51.8 Å². The third-order valence-electron chi connectivity index (χ3n) is 7.08. The predicted octanol–water partition coefficient (Wildman–Crippen LogP) is 3.19. The lowest BCUT2D eigenvalue weighted by Crippen LogP contribution is -2.59. The number of aromatic nitrogens is 5. The van der Waals surface area contributed by atoms with Crippen molar-refractivity contribution < 1.29 is 23.5 Å². The number of carbonyl (C=O) groups excluding carboxylic acids is 2. The van der Waals surface area contributed by atoms with Crippen LogP contribution >= 0.6 is 0 Å². The number of halogens is 1. The summed E-state index contributed by atoms with van der Waals surface area (Å²) in [4.78, 5) is 52.5. The number of carbonyl (C=O) groups is 2. The van der Waals surface area contributed by atoms with Gasteiger partial charge in [-0.3, -0.25) is 4.90 Å². The zero-order chi connectivity index (χ0) is 29.3. The standard InChI is InChI=1S/C28H33FN8O4/c1-17-19-15-32-25(24-30-8-6-9-31-24)33-20(19)7-10-36(17)23-14-18(13-22(29)34-23)35-11-12-37(21(16-35)26(38)40-5)27(39)41-28(2,3)4/h6,8-9,13-15,17,21H,7,10-12,16H2,1-5H3. The molecule has 5 heterocycles. The number of methoxy groups -OCH3 is 1. The van der Waals surface area contributed by atoms with Crippen LogP contribution in [0.25, 0.3) is 11.6 Å². The molecule has 0 bridgehead atoms. The number of hydrogen-bond donors (Lipinski definition) is 0. The van der Waals surface area contributed by atoms with E-state index >= 15 is 0 Å². The number of amides is 1. The van der Waals surface area contributed by atoms with E-state index < -0.39 is 29.7 Å². The molecular weight excluding hydrogens is 531 g/mol. The van der Waals surface area contributed by atoms with Crippen molar-refractivity contribution in [3.8, 4) is 11.6 Å². The molecule has 2 aliphatic rings. The highest BCUT2D eigenvalue weighted by atomic mass is 19.1. The molecule has 3 aromatic heterocycles. The molecule has 0 N–H and O–H groups in total. The van der Waals surface area contributed by atoms with Gasteiger partial charge in [0.1, 0.15) is 11.4 Å². The Morgan fingerprint density at radius 3 is 2.49 bits per heavy atom. The van der Waals surface area contributed by atoms with Gasteiger partial charge in [0.15, 0.2) is 17.7 Å². The van der Waals surface area contributed by atoms with Crippen molar-refractivity contribution in [3.63, 3.8) is 0 Å². The second-order valence-electron chi connectivity index (χ2n) is 11.0. The average Bonchev–Trinajstić information content (AvgIpc) is 2.95. The van der Waals surface area contributed by atoms with Crippen molar-refractivity contribution in [2.75, 3.05) is 43.1 Å². The molecule has 0 radical (unpaired) electrons. The number of hydrogen-bond acceptors (Lipinski definition) is 11. The fraction of sp³-hybridized carbons (Fsp3) is 0.464. The zero-order valence-corrected chi connectivity index (χ0v) is 23.7. The highest BCUT2D eigenvalue weighted by Gasteiger charge is 2.39. The maximum absolute atomic E-state index is 14.9. The lowest BCUT2D eigenvalue weighted by molar-refractivity contribution is -0.147. The van der Waals surface area contributed by atoms with Crippen molar-refractivity contribution in [3.05, 3.63) is 54.0 Å². The van der Waals surface area contributed by atoms with Crippen molar-refractivity contribution in [1.82, 2.24) is 29.8 Å². The topological polar surface area (TPSA) is 127 Å². The SMILES string of the molecule is COC(=O)C1CN(c2cc(F)nc(N3CCc4nc(-c5ncccn5)ncc4C3C)c2)CCN1C(=O)OC(C)(C)C. The summed E-state index contributed by atoms with van der Waals surface area (Å²) in [7, 11) is 1.27. The van der Waals surface area contributed by atoms with Crippen LogP contribution in [-0.4, -0.2) is 86.8 Å². The lowest BCUT2D eigenvalue weighted by atomic mass is 9.99. The molecule has 216 valence electrons. The third-order valence-corrected chi connectivity index (χ3v) is 7.08. The minimum atomic E-state index is -0.913. The molecule has 1 amide bonds. The zero-order valence-electron chi connectivity index (χ0n) is 23.7. The van der Waals surface area contributed by atoms with E-state index in [-0.39, 0.29) is 19.1 Å². The van der Waals surface area contributed by atoms with Crippen LogP contribution in [-0.2, 0) is 20.7 Å². The van der Waals surface area contributed by atoms with Crippen LogP contribution in [0.2, 0.25) is 0 Å². The van der Waals surface area contributed by atoms with Gasteiger partial charge in [-0.25, -0.2) is 34.5 Å². The van der Waals surface area contributed by atoms with E-state index in [1.165, 1.54) is 18.1 Å². The summed E-state index contributed by atoms with van der Waals surface area (Å²) >= 11 is 0. The first kappa shape index (κ1) is 28.1. The molecule has 12 nitrogen and oxygen atoms in total. The van der Waals surface area contributed by atoms with Crippen LogP contribution in [0.1, 0.15) is 45.0 Å². The van der Waals surface area contributed by atoms with E-state index in [9.17, 15) is 14.0 Å². The Bertz CT molecular complexity index is 1430. The van der Waals surface area contributed by atoms with Gasteiger partial charge in [-0.1, -0.05) is 0 Å². The minimum Gasteiger partial charge on any atom is -0.467 e. The molecule has 13 heteroatoms. The van der Waals surface area contributed by atoms with Gasteiger partial charge >= 0.3 is 12.1 Å². The molecule has 2 atom stereocenters. The number of anilines is 2. The monoisotopic (exact) mass is 564 g/mol. The number of pyridine rings is 1. The molecule has 0 saturated carbocycles. The molecule has 41 heavy (non-hydrogen) atoms. The first-order chi connectivity index (χ1) is 19.5. The van der Waals surface area contributed by atoms with E-state index in [0.717, 1.165) is 11.3 Å². The van der Waals surface area contributed by atoms with Crippen LogP contribution < -0.4 is 9.80 Å². The number of ether oxygens (including phenoxy) is 2. The van der Waals surface area contributed by atoms with E-state index in [1.807, 2.05) is 16.7 Å². The van der Waals surface area contributed by atoms with E-state index in [4.69, 9.17) is 14.5 Å². The fourth-order valence-corrected chi connectivity index (χ4v) is 5.09. The fourth-order valence-electron chi connectivity index (χ4n) is 5.09. The van der Waals surface area contributed by atoms with Gasteiger partial charge in [0.05, 0.1) is 18.8 Å². The molecular formula is C28H33FN8O4. The van der Waals surface area contributed by atoms with Gasteiger partial charge < -0.3 is 19.3 Å². The van der Waals surface area contributed by atoms with E-state index in [0.29, 0.717) is 42.7 Å². The predicted molar refractivity (Wildman–Crippen MR) is 148 cm³/mol. The van der Waals surface area contributed by atoms with Crippen molar-refractivity contribution in [2.24, 2.45) is 0 Å². The minimum absolute atomic E-state index is 0.116. The summed E-state index contributed by atoms with van der Waals surface area (Å²) in [5.74, 6) is 0.155. The second kappa shape index (κ2) is 11.2. The summed E-state index contributed by atoms with van der Waals surface area (Å²) in [5.41, 5.74) is 1.64. The average molecular weight is 565 g/mol. The summed E-state index contributed by atoms with van der Waals surface area (Å²) in [6, 6.07) is 3.79. The van der Waals surface area contributed by atoms with Crippen LogP contribution in [0.15, 0.2) is 36.8 Å². The van der Waals surface area contributed by atoms with Gasteiger partial charge in [0.2, 0.25) is 5.95 Å². The Morgan fingerprint density at radius 1 is 1.02 bits per heavy atom. The highest BCUT2D eigenvalue weighted by molar-refractivity contribution is 5.83. The van der Waals surface area contributed by atoms with Gasteiger partial charge in [-0.15, -0.1) is 0 Å². The van der Waals surface area contributed by atoms with Gasteiger partial charge in [0, 0.05) is 74.6 Å². The van der Waals surface area contributed by atoms with Crippen LogP contribution in [0.3, 0.4) is 0 Å². The molecule has 0 aromatic carbocycles. The Morgan fingerprint density at radius 2 is 1.78 bits per heavy atom. The molecule has 5 rings (SSSR count). The van der Waals surface area contributed by atoms with Gasteiger partial charge in [-0.05, 0) is 33.8 Å². The maximum Gasteiger partial charge on any atom is 0.411 e. The maximum atomic E-state index is 14.9. The largest absolute Gasteiger partial charge is 0.467 e. The third kappa shape index (κ3) is 6.03. The summed E-state index contributed by atoms with van der Waals surface area (Å²) < 4.78 is 25.4. The number of esters is 1.